The summed E-state index contributed by atoms with van der Waals surface area (Å²) in [6.45, 7) is 6.27. The van der Waals surface area contributed by atoms with Crippen molar-refractivity contribution < 1.29 is 13.6 Å². The standard InChI is InChI=1S/C25H22ClF2N7O/c1-3-22(36)34-12-15(10-21(34)24(27)28)35-19-7-8-30-25(29)23(19)17(32-35)6-5-14-9-18-20(11-16(14)26)33(4-2)13-31-18/h3,7-9,11,13,15,21,24H,1,4,10,12H2,2H3,(H2,29,30)/t15?,21-/m1/s1. The number of alkyl halides is 2. The number of hydrogen-bond donors (Lipinski definition) is 1. The molecule has 0 bridgehead atoms. The van der Waals surface area contributed by atoms with E-state index in [4.69, 9.17) is 17.3 Å². The molecule has 184 valence electrons. The fraction of sp³-hybridized carbons (Fsp3) is 0.280. The predicted octanol–water partition coefficient (Wildman–Crippen LogP) is 4.03. The Kier molecular flexibility index (Phi) is 6.10. The molecule has 0 aliphatic carbocycles. The lowest BCUT2D eigenvalue weighted by Gasteiger charge is -2.21. The zero-order valence-corrected chi connectivity index (χ0v) is 20.1. The van der Waals surface area contributed by atoms with Crippen molar-refractivity contribution in [3.8, 4) is 11.8 Å². The third kappa shape index (κ3) is 3.95. The van der Waals surface area contributed by atoms with Gasteiger partial charge >= 0.3 is 0 Å². The number of pyridine rings is 1. The van der Waals surface area contributed by atoms with Crippen LogP contribution in [0.5, 0.6) is 0 Å². The Balaban J connectivity index is 1.57. The summed E-state index contributed by atoms with van der Waals surface area (Å²) in [7, 11) is 0. The van der Waals surface area contributed by atoms with Gasteiger partial charge in [-0.1, -0.05) is 24.1 Å². The number of rotatable bonds is 4. The Morgan fingerprint density at radius 3 is 2.86 bits per heavy atom. The normalized spacial score (nSPS) is 17.6. The van der Waals surface area contributed by atoms with Crippen molar-refractivity contribution in [2.24, 2.45) is 0 Å². The van der Waals surface area contributed by atoms with Crippen molar-refractivity contribution in [1.82, 2.24) is 29.2 Å². The summed E-state index contributed by atoms with van der Waals surface area (Å²) in [4.78, 5) is 21.9. The number of amides is 1. The van der Waals surface area contributed by atoms with Gasteiger partial charge in [-0.3, -0.25) is 9.48 Å². The summed E-state index contributed by atoms with van der Waals surface area (Å²) in [6.07, 6.45) is 1.65. The number of aryl methyl sites for hydroxylation is 1. The molecule has 5 rings (SSSR count). The molecule has 4 heterocycles. The van der Waals surface area contributed by atoms with Crippen molar-refractivity contribution in [3.05, 3.63) is 59.7 Å². The maximum atomic E-state index is 13.7. The Labute approximate surface area is 210 Å². The smallest absolute Gasteiger partial charge is 0.258 e. The molecule has 0 radical (unpaired) electrons. The van der Waals surface area contributed by atoms with Crippen molar-refractivity contribution in [2.75, 3.05) is 12.3 Å². The Morgan fingerprint density at radius 1 is 1.33 bits per heavy atom. The molecule has 11 heteroatoms. The van der Waals surface area contributed by atoms with E-state index in [1.807, 2.05) is 17.6 Å². The van der Waals surface area contributed by atoms with Gasteiger partial charge in [-0.2, -0.15) is 5.10 Å². The molecule has 1 aromatic carbocycles. The summed E-state index contributed by atoms with van der Waals surface area (Å²) in [5, 5.41) is 5.60. The van der Waals surface area contributed by atoms with Gasteiger partial charge in [0, 0.05) is 24.8 Å². The van der Waals surface area contributed by atoms with Crippen molar-refractivity contribution >= 4 is 45.3 Å². The molecule has 1 amide bonds. The first kappa shape index (κ1) is 23.8. The number of nitrogens with two attached hydrogens (primary N) is 1. The van der Waals surface area contributed by atoms with E-state index in [9.17, 15) is 13.6 Å². The highest BCUT2D eigenvalue weighted by atomic mass is 35.5. The van der Waals surface area contributed by atoms with Crippen LogP contribution in [0.4, 0.5) is 14.6 Å². The van der Waals surface area contributed by atoms with Gasteiger partial charge in [0.2, 0.25) is 5.91 Å². The molecule has 0 spiro atoms. The number of carbonyl (C=O) groups excluding carboxylic acids is 1. The number of nitrogen functional groups attached to an aromatic ring is 1. The number of imidazole rings is 1. The lowest BCUT2D eigenvalue weighted by atomic mass is 10.1. The minimum Gasteiger partial charge on any atom is -0.383 e. The van der Waals surface area contributed by atoms with Crippen LogP contribution in [0, 0.1) is 11.8 Å². The first-order valence-corrected chi connectivity index (χ1v) is 11.7. The molecule has 1 saturated heterocycles. The number of carbonyl (C=O) groups is 1. The third-order valence-corrected chi connectivity index (χ3v) is 6.74. The minimum absolute atomic E-state index is 0.0334. The van der Waals surface area contributed by atoms with Crippen molar-refractivity contribution in [1.29, 1.82) is 0 Å². The number of benzene rings is 1. The summed E-state index contributed by atoms with van der Waals surface area (Å²) in [5.41, 5.74) is 9.34. The van der Waals surface area contributed by atoms with Gasteiger partial charge in [0.25, 0.3) is 6.43 Å². The third-order valence-electron chi connectivity index (χ3n) is 6.43. The van der Waals surface area contributed by atoms with Gasteiger partial charge in [-0.15, -0.1) is 0 Å². The molecule has 1 aliphatic heterocycles. The molecule has 1 aliphatic rings. The van der Waals surface area contributed by atoms with Crippen LogP contribution in [0.15, 0.2) is 43.4 Å². The van der Waals surface area contributed by atoms with E-state index in [0.29, 0.717) is 27.2 Å². The van der Waals surface area contributed by atoms with E-state index in [2.05, 4.69) is 33.5 Å². The van der Waals surface area contributed by atoms with Crippen LogP contribution in [-0.2, 0) is 11.3 Å². The van der Waals surface area contributed by atoms with Gasteiger partial charge < -0.3 is 15.2 Å². The highest BCUT2D eigenvalue weighted by Crippen LogP contribution is 2.34. The minimum atomic E-state index is -2.69. The van der Waals surface area contributed by atoms with Crippen LogP contribution >= 0.6 is 11.6 Å². The quantitative estimate of drug-likeness (QED) is 0.331. The van der Waals surface area contributed by atoms with Crippen molar-refractivity contribution in [2.45, 2.75) is 38.4 Å². The van der Waals surface area contributed by atoms with Crippen LogP contribution in [0.1, 0.15) is 30.6 Å². The maximum Gasteiger partial charge on any atom is 0.258 e. The van der Waals surface area contributed by atoms with Crippen LogP contribution in [0.25, 0.3) is 21.9 Å². The SMILES string of the molecule is C=CC(=O)N1CC(n2nc(C#Cc3cc4ncn(CC)c4cc3Cl)c3c(N)nccc32)C[C@@H]1C(F)F. The first-order valence-electron chi connectivity index (χ1n) is 11.3. The van der Waals surface area contributed by atoms with Crippen LogP contribution in [0.3, 0.4) is 0 Å². The number of anilines is 1. The largest absolute Gasteiger partial charge is 0.383 e. The summed E-state index contributed by atoms with van der Waals surface area (Å²) in [5.74, 6) is 5.75. The Bertz CT molecular complexity index is 1570. The Morgan fingerprint density at radius 2 is 2.14 bits per heavy atom. The molecule has 3 aromatic heterocycles. The molecule has 1 fully saturated rings. The molecule has 4 aromatic rings. The molecule has 2 atom stereocenters. The number of fused-ring (bicyclic) bond motifs is 2. The number of nitrogens with zero attached hydrogens (tertiary/aromatic N) is 6. The van der Waals surface area contributed by atoms with Gasteiger partial charge in [0.1, 0.15) is 11.5 Å². The second kappa shape index (κ2) is 9.24. The molecular formula is C25H22ClF2N7O. The van der Waals surface area contributed by atoms with Gasteiger partial charge in [0.15, 0.2) is 0 Å². The summed E-state index contributed by atoms with van der Waals surface area (Å²) in [6, 6.07) is 3.60. The molecule has 1 unspecified atom stereocenters. The van der Waals surface area contributed by atoms with Gasteiger partial charge in [0.05, 0.1) is 45.4 Å². The second-order valence-corrected chi connectivity index (χ2v) is 8.88. The van der Waals surface area contributed by atoms with E-state index in [0.717, 1.165) is 28.6 Å². The number of likely N-dealkylation sites (tertiary alicyclic amines) is 1. The average Bonchev–Trinajstić information content (AvgIpc) is 3.57. The van der Waals surface area contributed by atoms with Crippen LogP contribution in [-0.4, -0.2) is 54.1 Å². The lowest BCUT2D eigenvalue weighted by Crippen LogP contribution is -2.38. The number of hydrogen-bond acceptors (Lipinski definition) is 5. The fourth-order valence-electron chi connectivity index (χ4n) is 4.66. The predicted molar refractivity (Wildman–Crippen MR) is 134 cm³/mol. The highest BCUT2D eigenvalue weighted by molar-refractivity contribution is 6.32. The monoisotopic (exact) mass is 509 g/mol. The van der Waals surface area contributed by atoms with E-state index in [1.165, 1.54) is 6.20 Å². The van der Waals surface area contributed by atoms with Gasteiger partial charge in [-0.25, -0.2) is 18.7 Å². The average molecular weight is 510 g/mol. The van der Waals surface area contributed by atoms with Crippen LogP contribution in [0.2, 0.25) is 5.02 Å². The lowest BCUT2D eigenvalue weighted by molar-refractivity contribution is -0.129. The molecule has 2 N–H and O–H groups in total. The first-order chi connectivity index (χ1) is 17.3. The van der Waals surface area contributed by atoms with Crippen LogP contribution < -0.4 is 5.73 Å². The van der Waals surface area contributed by atoms with Crippen molar-refractivity contribution in [3.63, 3.8) is 0 Å². The second-order valence-electron chi connectivity index (χ2n) is 8.47. The van der Waals surface area contributed by atoms with Gasteiger partial charge in [-0.05, 0) is 43.5 Å². The zero-order valence-electron chi connectivity index (χ0n) is 19.3. The summed E-state index contributed by atoms with van der Waals surface area (Å²) < 4.78 is 31.0. The number of aromatic nitrogens is 5. The number of halogens is 3. The topological polar surface area (TPSA) is 94.9 Å². The highest BCUT2D eigenvalue weighted by Gasteiger charge is 2.41. The van der Waals surface area contributed by atoms with E-state index in [1.54, 1.807) is 23.1 Å². The maximum absolute atomic E-state index is 13.7. The fourth-order valence-corrected chi connectivity index (χ4v) is 4.87. The van der Waals surface area contributed by atoms with E-state index in [-0.39, 0.29) is 18.8 Å². The van der Waals surface area contributed by atoms with E-state index >= 15 is 0 Å². The van der Waals surface area contributed by atoms with E-state index < -0.39 is 24.4 Å². The molecule has 36 heavy (non-hydrogen) atoms. The Hall–Kier alpha value is -3.97. The molecule has 8 nitrogen and oxygen atoms in total. The zero-order chi connectivity index (χ0) is 25.6. The molecule has 0 saturated carbocycles. The summed E-state index contributed by atoms with van der Waals surface area (Å²) >= 11 is 6.50. The molecular weight excluding hydrogens is 488 g/mol.